The van der Waals surface area contributed by atoms with E-state index in [-0.39, 0.29) is 0 Å². The minimum Gasteiger partial charge on any atom is -0.385 e. The van der Waals surface area contributed by atoms with Gasteiger partial charge < -0.3 is 5.11 Å². The van der Waals surface area contributed by atoms with Gasteiger partial charge in [-0.05, 0) is 37.7 Å². The van der Waals surface area contributed by atoms with Gasteiger partial charge in [0.05, 0.1) is 11.8 Å². The van der Waals surface area contributed by atoms with Crippen molar-refractivity contribution >= 4 is 0 Å². The molecule has 0 radical (unpaired) electrons. The molecular weight excluding hydrogens is 193 g/mol. The fourth-order valence-electron chi connectivity index (χ4n) is 2.26. The number of pyridine rings is 1. The minimum absolute atomic E-state index is 0.394. The zero-order chi connectivity index (χ0) is 10.9. The van der Waals surface area contributed by atoms with Gasteiger partial charge in [0.2, 0.25) is 0 Å². The molecule has 0 saturated heterocycles. The predicted octanol–water partition coefficient (Wildman–Crippen LogP) is 2.62. The lowest BCUT2D eigenvalue weighted by Crippen LogP contribution is -2.31. The first kappa shape index (κ1) is 10.6. The van der Waals surface area contributed by atoms with Crippen LogP contribution in [0.2, 0.25) is 0 Å². The molecule has 1 aromatic rings. The Kier molecular flexibility index (Phi) is 2.74. The average molecular weight is 209 g/mol. The number of aliphatic hydroxyl groups is 1. The van der Waals surface area contributed by atoms with E-state index >= 15 is 0 Å². The molecule has 1 aromatic heterocycles. The fourth-order valence-corrected chi connectivity index (χ4v) is 2.26. The molecule has 1 fully saturated rings. The van der Waals surface area contributed by atoms with Crippen molar-refractivity contribution in [3.63, 3.8) is 0 Å². The van der Waals surface area contributed by atoms with Crippen molar-refractivity contribution in [2.24, 2.45) is 5.92 Å². The minimum atomic E-state index is -0.973. The maximum Gasteiger partial charge on any atom is 0.147 e. The molecule has 0 unspecified atom stereocenters. The van der Waals surface area contributed by atoms with Crippen molar-refractivity contribution in [2.45, 2.75) is 38.2 Å². The summed E-state index contributed by atoms with van der Waals surface area (Å²) in [5.74, 6) is 0.240. The molecule has 0 atom stereocenters. The topological polar surface area (TPSA) is 33.1 Å². The largest absolute Gasteiger partial charge is 0.385 e. The van der Waals surface area contributed by atoms with Gasteiger partial charge in [0.15, 0.2) is 0 Å². The maximum absolute atomic E-state index is 13.5. The molecule has 0 spiro atoms. The first-order valence-electron chi connectivity index (χ1n) is 5.44. The summed E-state index contributed by atoms with van der Waals surface area (Å²) < 4.78 is 13.5. The van der Waals surface area contributed by atoms with E-state index in [1.54, 1.807) is 6.07 Å². The lowest BCUT2D eigenvalue weighted by Gasteiger charge is -2.35. The van der Waals surface area contributed by atoms with Crippen molar-refractivity contribution in [2.75, 3.05) is 0 Å². The molecule has 2 rings (SSSR count). The van der Waals surface area contributed by atoms with Crippen LogP contribution in [0.1, 0.15) is 38.2 Å². The summed E-state index contributed by atoms with van der Waals surface area (Å²) in [5, 5.41) is 10.4. The monoisotopic (exact) mass is 209 g/mol. The molecule has 82 valence electrons. The highest BCUT2D eigenvalue weighted by Crippen LogP contribution is 2.39. The van der Waals surface area contributed by atoms with Crippen molar-refractivity contribution in [1.29, 1.82) is 0 Å². The van der Waals surface area contributed by atoms with E-state index in [4.69, 9.17) is 0 Å². The molecular formula is C12H16FNO. The van der Waals surface area contributed by atoms with Crippen LogP contribution in [0.4, 0.5) is 4.39 Å². The van der Waals surface area contributed by atoms with Gasteiger partial charge in [0.1, 0.15) is 5.82 Å². The number of rotatable bonds is 1. The zero-order valence-electron chi connectivity index (χ0n) is 8.91. The summed E-state index contributed by atoms with van der Waals surface area (Å²) in [6, 6.07) is 1.59. The molecule has 1 saturated carbocycles. The van der Waals surface area contributed by atoms with Gasteiger partial charge in [0, 0.05) is 11.8 Å². The van der Waals surface area contributed by atoms with Crippen molar-refractivity contribution in [3.05, 3.63) is 29.8 Å². The zero-order valence-corrected chi connectivity index (χ0v) is 8.91. The molecule has 1 aliphatic rings. The SMILES string of the molecule is CC1CCC(O)(c2ccncc2F)CC1. The van der Waals surface area contributed by atoms with E-state index in [1.165, 1.54) is 12.4 Å². The van der Waals surface area contributed by atoms with Crippen molar-refractivity contribution < 1.29 is 9.50 Å². The van der Waals surface area contributed by atoms with Crippen LogP contribution in [0.25, 0.3) is 0 Å². The smallest absolute Gasteiger partial charge is 0.147 e. The van der Waals surface area contributed by atoms with Gasteiger partial charge >= 0.3 is 0 Å². The Bertz CT molecular complexity index is 345. The van der Waals surface area contributed by atoms with Gasteiger partial charge in [-0.25, -0.2) is 4.39 Å². The molecule has 15 heavy (non-hydrogen) atoms. The van der Waals surface area contributed by atoms with Crippen LogP contribution in [0.5, 0.6) is 0 Å². The molecule has 3 heteroatoms. The summed E-state index contributed by atoms with van der Waals surface area (Å²) in [5.41, 5.74) is -0.566. The van der Waals surface area contributed by atoms with E-state index in [0.717, 1.165) is 12.8 Å². The second kappa shape index (κ2) is 3.89. The third-order valence-electron chi connectivity index (χ3n) is 3.38. The van der Waals surface area contributed by atoms with E-state index in [1.807, 2.05) is 0 Å². The maximum atomic E-state index is 13.5. The molecule has 0 aromatic carbocycles. The molecule has 0 amide bonds. The lowest BCUT2D eigenvalue weighted by atomic mass is 9.76. The van der Waals surface area contributed by atoms with E-state index in [0.29, 0.717) is 24.3 Å². The van der Waals surface area contributed by atoms with Gasteiger partial charge in [-0.3, -0.25) is 4.98 Å². The third kappa shape index (κ3) is 2.02. The number of nitrogens with zero attached hydrogens (tertiary/aromatic N) is 1. The number of aromatic nitrogens is 1. The Morgan fingerprint density at radius 1 is 1.47 bits per heavy atom. The summed E-state index contributed by atoms with van der Waals surface area (Å²) in [7, 11) is 0. The molecule has 0 bridgehead atoms. The van der Waals surface area contributed by atoms with E-state index < -0.39 is 11.4 Å². The number of hydrogen-bond donors (Lipinski definition) is 1. The van der Waals surface area contributed by atoms with E-state index in [9.17, 15) is 9.50 Å². The van der Waals surface area contributed by atoms with Gasteiger partial charge in [0.25, 0.3) is 0 Å². The van der Waals surface area contributed by atoms with E-state index in [2.05, 4.69) is 11.9 Å². The Morgan fingerprint density at radius 3 is 2.73 bits per heavy atom. The number of hydrogen-bond acceptors (Lipinski definition) is 2. The Morgan fingerprint density at radius 2 is 2.13 bits per heavy atom. The predicted molar refractivity (Wildman–Crippen MR) is 55.7 cm³/mol. The highest BCUT2D eigenvalue weighted by atomic mass is 19.1. The Labute approximate surface area is 89.2 Å². The normalized spacial score (nSPS) is 31.5. The summed E-state index contributed by atoms with van der Waals surface area (Å²) >= 11 is 0. The Balaban J connectivity index is 2.26. The lowest BCUT2D eigenvalue weighted by molar-refractivity contribution is -0.0150. The quantitative estimate of drug-likeness (QED) is 0.771. The van der Waals surface area contributed by atoms with Gasteiger partial charge in [-0.15, -0.1) is 0 Å². The van der Waals surface area contributed by atoms with Crippen LogP contribution >= 0.6 is 0 Å². The highest BCUT2D eigenvalue weighted by Gasteiger charge is 2.35. The summed E-state index contributed by atoms with van der Waals surface area (Å²) in [6.45, 7) is 2.17. The molecule has 0 aliphatic heterocycles. The standard InChI is InChI=1S/C12H16FNO/c1-9-2-5-12(15,6-3-9)10-4-7-14-8-11(10)13/h4,7-9,15H,2-3,5-6H2,1H3. The van der Waals surface area contributed by atoms with Crippen LogP contribution in [0.3, 0.4) is 0 Å². The van der Waals surface area contributed by atoms with Gasteiger partial charge in [-0.2, -0.15) is 0 Å². The van der Waals surface area contributed by atoms with Crippen LogP contribution in [-0.2, 0) is 5.60 Å². The highest BCUT2D eigenvalue weighted by molar-refractivity contribution is 5.21. The average Bonchev–Trinajstić information content (AvgIpc) is 2.23. The molecule has 1 heterocycles. The van der Waals surface area contributed by atoms with Crippen LogP contribution in [0.15, 0.2) is 18.5 Å². The first-order chi connectivity index (χ1) is 7.12. The molecule has 2 nitrogen and oxygen atoms in total. The molecule has 1 N–H and O–H groups in total. The van der Waals surface area contributed by atoms with Gasteiger partial charge in [-0.1, -0.05) is 6.92 Å². The van der Waals surface area contributed by atoms with Crippen molar-refractivity contribution in [1.82, 2.24) is 4.98 Å². The van der Waals surface area contributed by atoms with Crippen LogP contribution < -0.4 is 0 Å². The molecule has 1 aliphatic carbocycles. The Hall–Kier alpha value is -0.960. The van der Waals surface area contributed by atoms with Crippen LogP contribution in [-0.4, -0.2) is 10.1 Å². The fraction of sp³-hybridized carbons (Fsp3) is 0.583. The van der Waals surface area contributed by atoms with Crippen molar-refractivity contribution in [3.8, 4) is 0 Å². The number of halogens is 1. The second-order valence-electron chi connectivity index (χ2n) is 4.57. The van der Waals surface area contributed by atoms with Crippen LogP contribution in [0, 0.1) is 11.7 Å². The summed E-state index contributed by atoms with van der Waals surface area (Å²) in [4.78, 5) is 3.70. The first-order valence-corrected chi connectivity index (χ1v) is 5.44. The third-order valence-corrected chi connectivity index (χ3v) is 3.38. The summed E-state index contributed by atoms with van der Waals surface area (Å²) in [6.07, 6.45) is 5.92. The second-order valence-corrected chi connectivity index (χ2v) is 4.57.